The van der Waals surface area contributed by atoms with E-state index in [1.807, 2.05) is 6.07 Å². The van der Waals surface area contributed by atoms with E-state index in [1.54, 1.807) is 34.0 Å². The molecule has 5 rings (SSSR count). The fourth-order valence-corrected chi connectivity index (χ4v) is 6.00. The van der Waals surface area contributed by atoms with Crippen LogP contribution in [0.5, 0.6) is 5.75 Å². The number of benzene rings is 1. The van der Waals surface area contributed by atoms with Crippen LogP contribution in [0.2, 0.25) is 0 Å². The molecule has 3 amide bonds. The van der Waals surface area contributed by atoms with Crippen LogP contribution in [-0.2, 0) is 32.3 Å². The van der Waals surface area contributed by atoms with Gasteiger partial charge in [0.2, 0.25) is 18.4 Å². The van der Waals surface area contributed by atoms with Crippen molar-refractivity contribution in [2.75, 3.05) is 17.6 Å². The van der Waals surface area contributed by atoms with E-state index in [0.29, 0.717) is 29.9 Å². The van der Waals surface area contributed by atoms with E-state index in [9.17, 15) is 33.8 Å². The molecular formula is C26H25FN5O6S+. The molecule has 11 nitrogen and oxygen atoms in total. The highest BCUT2D eigenvalue weighted by atomic mass is 32.2. The molecule has 4 heterocycles. The zero-order valence-electron chi connectivity index (χ0n) is 20.5. The molecule has 13 heteroatoms. The molecular weight excluding hydrogens is 529 g/mol. The molecule has 0 bridgehead atoms. The summed E-state index contributed by atoms with van der Waals surface area (Å²) in [6, 6.07) is 6.40. The van der Waals surface area contributed by atoms with E-state index < -0.39 is 40.8 Å². The van der Waals surface area contributed by atoms with Crippen molar-refractivity contribution in [1.82, 2.24) is 9.80 Å². The number of hydrogen-bond donors (Lipinski definition) is 4. The summed E-state index contributed by atoms with van der Waals surface area (Å²) in [7, 11) is 0. The summed E-state index contributed by atoms with van der Waals surface area (Å²) in [4.78, 5) is 52.4. The fourth-order valence-electron chi connectivity index (χ4n) is 4.75. The van der Waals surface area contributed by atoms with E-state index in [-0.39, 0.29) is 30.4 Å². The Bertz CT molecular complexity index is 1460. The highest BCUT2D eigenvalue weighted by Crippen LogP contribution is 2.40. The number of thioether (sulfide) groups is 1. The van der Waals surface area contributed by atoms with Crippen LogP contribution in [0.25, 0.3) is 0 Å². The number of allylic oxidation sites excluding steroid dienone is 1. The van der Waals surface area contributed by atoms with Crippen LogP contribution in [0.15, 0.2) is 65.6 Å². The Labute approximate surface area is 226 Å². The van der Waals surface area contributed by atoms with E-state index in [0.717, 1.165) is 17.7 Å². The number of likely N-dealkylation sites (tertiary alicyclic amines) is 1. The maximum absolute atomic E-state index is 13.5. The third-order valence-electron chi connectivity index (χ3n) is 6.65. The molecule has 202 valence electrons. The average molecular weight is 555 g/mol. The lowest BCUT2D eigenvalue weighted by Crippen LogP contribution is -2.68. The van der Waals surface area contributed by atoms with Gasteiger partial charge in [0.25, 0.3) is 5.91 Å². The summed E-state index contributed by atoms with van der Waals surface area (Å²) in [5, 5.41) is 21.2. The summed E-state index contributed by atoms with van der Waals surface area (Å²) in [5.41, 5.74) is 7.53. The van der Waals surface area contributed by atoms with Crippen LogP contribution in [0, 0.1) is 5.82 Å². The minimum absolute atomic E-state index is 0.0565. The first-order valence-corrected chi connectivity index (χ1v) is 13.1. The van der Waals surface area contributed by atoms with E-state index in [1.165, 1.54) is 22.7 Å². The number of hydrogen-bond acceptors (Lipinski definition) is 7. The predicted octanol–water partition coefficient (Wildman–Crippen LogP) is 0.697. The average Bonchev–Trinajstić information content (AvgIpc) is 3.23. The Morgan fingerprint density at radius 2 is 2.08 bits per heavy atom. The van der Waals surface area contributed by atoms with Crippen LogP contribution in [-0.4, -0.2) is 67.4 Å². The second-order valence-electron chi connectivity index (χ2n) is 9.36. The lowest BCUT2D eigenvalue weighted by molar-refractivity contribution is -0.684. The largest absolute Gasteiger partial charge is 0.505 e. The van der Waals surface area contributed by atoms with Gasteiger partial charge in [-0.05, 0) is 36.3 Å². The Kier molecular flexibility index (Phi) is 7.10. The van der Waals surface area contributed by atoms with Crippen molar-refractivity contribution in [3.8, 4) is 5.75 Å². The lowest BCUT2D eigenvalue weighted by Gasteiger charge is -2.47. The normalized spacial score (nSPS) is 21.7. The molecule has 0 spiro atoms. The summed E-state index contributed by atoms with van der Waals surface area (Å²) in [6.45, 7) is 0.660. The van der Waals surface area contributed by atoms with E-state index in [4.69, 9.17) is 5.73 Å². The number of nitrogens with one attached hydrogen (secondary N) is 1. The van der Waals surface area contributed by atoms with Gasteiger partial charge < -0.3 is 26.2 Å². The van der Waals surface area contributed by atoms with Crippen molar-refractivity contribution in [2.45, 2.75) is 30.9 Å². The number of phenolic OH excluding ortho intramolecular Hbond substituents is 1. The molecule has 0 aliphatic carbocycles. The number of halogens is 1. The van der Waals surface area contributed by atoms with E-state index in [2.05, 4.69) is 5.32 Å². The van der Waals surface area contributed by atoms with Crippen LogP contribution >= 0.6 is 11.8 Å². The number of carbonyl (C=O) groups is 4. The number of β-lactam (4-membered cyclic amide) rings is 1. The molecule has 1 aromatic carbocycles. The molecule has 2 atom stereocenters. The van der Waals surface area contributed by atoms with Gasteiger partial charge in [-0.3, -0.25) is 19.3 Å². The number of rotatable bonds is 7. The van der Waals surface area contributed by atoms with Gasteiger partial charge in [0.15, 0.2) is 24.0 Å². The number of carbonyl (C=O) groups excluding carboxylic acids is 3. The SMILES string of the molecule is N[C@@H]1C(=O)N2C(C(=O)O)=C(/C=C3\CCN(Cc4ccc[n+](CC(=O)Nc5ccc(O)c(F)c5)c4)C3=O)CS[C@H]12. The maximum atomic E-state index is 13.5. The maximum Gasteiger partial charge on any atom is 0.352 e. The number of aliphatic carboxylic acids is 1. The predicted molar refractivity (Wildman–Crippen MR) is 137 cm³/mol. The molecule has 1 aromatic heterocycles. The first-order chi connectivity index (χ1) is 18.6. The minimum atomic E-state index is -1.23. The molecule has 2 aromatic rings. The number of carboxylic acid groups (broad SMARTS) is 1. The standard InChI is InChI=1S/C26H24FN5O6S/c27-18-9-17(3-4-19(18)33)29-20(34)12-30-6-1-2-14(10-30)11-31-7-5-15(23(31)35)8-16-13-39-25-21(28)24(36)32(25)22(16)26(37)38/h1-4,6,8-10,21,25H,5,7,11-13,28H2,(H2-,29,33,34,37,38)/p+1/b15-8+/t21-,25-/m1/s1. The van der Waals surface area contributed by atoms with Gasteiger partial charge in [-0.25, -0.2) is 9.18 Å². The Balaban J connectivity index is 1.25. The van der Waals surface area contributed by atoms with Crippen LogP contribution < -0.4 is 15.6 Å². The van der Waals surface area contributed by atoms with Gasteiger partial charge in [0.1, 0.15) is 17.1 Å². The van der Waals surface area contributed by atoms with Crippen molar-refractivity contribution >= 4 is 41.1 Å². The quantitative estimate of drug-likeness (QED) is 0.169. The lowest BCUT2D eigenvalue weighted by atomic mass is 10.0. The summed E-state index contributed by atoms with van der Waals surface area (Å²) < 4.78 is 15.2. The Morgan fingerprint density at radius 3 is 2.82 bits per heavy atom. The van der Waals surface area contributed by atoms with Crippen molar-refractivity contribution in [2.24, 2.45) is 5.73 Å². The van der Waals surface area contributed by atoms with Crippen LogP contribution in [0.1, 0.15) is 12.0 Å². The zero-order chi connectivity index (χ0) is 27.8. The zero-order valence-corrected chi connectivity index (χ0v) is 21.4. The van der Waals surface area contributed by atoms with Gasteiger partial charge in [0.05, 0.1) is 6.54 Å². The second-order valence-corrected chi connectivity index (χ2v) is 10.5. The second kappa shape index (κ2) is 10.5. The number of aromatic hydroxyl groups is 1. The minimum Gasteiger partial charge on any atom is -0.505 e. The molecule has 0 unspecified atom stereocenters. The number of carboxylic acids is 1. The van der Waals surface area contributed by atoms with Crippen molar-refractivity contribution in [3.63, 3.8) is 0 Å². The summed E-state index contributed by atoms with van der Waals surface area (Å²) in [6.07, 6.45) is 5.42. The number of aromatic nitrogens is 1. The molecule has 39 heavy (non-hydrogen) atoms. The smallest absolute Gasteiger partial charge is 0.352 e. The van der Waals surface area contributed by atoms with E-state index >= 15 is 0 Å². The monoisotopic (exact) mass is 554 g/mol. The third kappa shape index (κ3) is 5.22. The third-order valence-corrected chi connectivity index (χ3v) is 7.98. The van der Waals surface area contributed by atoms with Gasteiger partial charge in [-0.15, -0.1) is 11.8 Å². The number of amides is 3. The number of phenols is 1. The molecule has 0 radical (unpaired) electrons. The Hall–Kier alpha value is -4.23. The first kappa shape index (κ1) is 26.4. The first-order valence-electron chi connectivity index (χ1n) is 12.1. The fraction of sp³-hybridized carbons (Fsp3) is 0.269. The number of pyridine rings is 1. The summed E-state index contributed by atoms with van der Waals surface area (Å²) >= 11 is 1.37. The van der Waals surface area contributed by atoms with Crippen molar-refractivity contribution < 1.29 is 38.3 Å². The van der Waals surface area contributed by atoms with Gasteiger partial charge in [-0.2, -0.15) is 4.57 Å². The van der Waals surface area contributed by atoms with Gasteiger partial charge in [-0.1, -0.05) is 0 Å². The molecule has 2 fully saturated rings. The van der Waals surface area contributed by atoms with Gasteiger partial charge >= 0.3 is 5.97 Å². The van der Waals surface area contributed by atoms with Crippen LogP contribution in [0.3, 0.4) is 0 Å². The van der Waals surface area contributed by atoms with Gasteiger partial charge in [0, 0.05) is 41.3 Å². The summed E-state index contributed by atoms with van der Waals surface area (Å²) in [5.74, 6) is -3.32. The number of fused-ring (bicyclic) bond motifs is 1. The topological polar surface area (TPSA) is 157 Å². The molecule has 3 aliphatic heterocycles. The van der Waals surface area contributed by atoms with Crippen molar-refractivity contribution in [3.05, 3.63) is 77.0 Å². The highest BCUT2D eigenvalue weighted by Gasteiger charge is 2.51. The van der Waals surface area contributed by atoms with Crippen LogP contribution in [0.4, 0.5) is 10.1 Å². The highest BCUT2D eigenvalue weighted by molar-refractivity contribution is 8.00. The number of nitrogens with zero attached hydrogens (tertiary/aromatic N) is 3. The van der Waals surface area contributed by atoms with Crippen molar-refractivity contribution in [1.29, 1.82) is 0 Å². The number of nitrogens with two attached hydrogens (primary N) is 1. The number of anilines is 1. The Morgan fingerprint density at radius 1 is 1.28 bits per heavy atom. The molecule has 3 aliphatic rings. The molecule has 5 N–H and O–H groups in total. The molecule has 0 saturated carbocycles. The molecule has 2 saturated heterocycles.